The van der Waals surface area contributed by atoms with Gasteiger partial charge in [0, 0.05) is 6.54 Å². The van der Waals surface area contributed by atoms with Crippen molar-refractivity contribution in [1.29, 1.82) is 0 Å². The quantitative estimate of drug-likeness (QED) is 0.696. The van der Waals surface area contributed by atoms with Crippen molar-refractivity contribution in [3.63, 3.8) is 0 Å². The fourth-order valence-electron chi connectivity index (χ4n) is 2.30. The van der Waals surface area contributed by atoms with E-state index in [1.807, 2.05) is 0 Å². The van der Waals surface area contributed by atoms with Crippen LogP contribution in [0.25, 0.3) is 0 Å². The number of amides is 2. The van der Waals surface area contributed by atoms with E-state index >= 15 is 0 Å². The molecule has 0 bridgehead atoms. The highest BCUT2D eigenvalue weighted by Gasteiger charge is 2.31. The molecule has 7 heteroatoms. The van der Waals surface area contributed by atoms with Gasteiger partial charge in [0.15, 0.2) is 6.10 Å². The number of hydrogen-bond acceptors (Lipinski definition) is 4. The van der Waals surface area contributed by atoms with Gasteiger partial charge in [-0.25, -0.2) is 0 Å². The van der Waals surface area contributed by atoms with Crippen molar-refractivity contribution >= 4 is 24.2 Å². The Morgan fingerprint density at radius 2 is 2.11 bits per heavy atom. The van der Waals surface area contributed by atoms with Crippen LogP contribution >= 0.6 is 12.4 Å². The van der Waals surface area contributed by atoms with Crippen molar-refractivity contribution in [3.05, 3.63) is 0 Å². The molecule has 18 heavy (non-hydrogen) atoms. The molecular weight excluding hydrogens is 258 g/mol. The summed E-state index contributed by atoms with van der Waals surface area (Å²) in [4.78, 5) is 24.9. The van der Waals surface area contributed by atoms with Crippen LogP contribution in [-0.2, 0) is 14.3 Å². The van der Waals surface area contributed by atoms with Crippen LogP contribution in [0.4, 0.5) is 0 Å². The first-order valence-corrected chi connectivity index (χ1v) is 6.11. The van der Waals surface area contributed by atoms with E-state index in [0.717, 1.165) is 25.8 Å². The van der Waals surface area contributed by atoms with E-state index < -0.39 is 12.0 Å². The monoisotopic (exact) mass is 277 g/mol. The van der Waals surface area contributed by atoms with Crippen LogP contribution in [0.3, 0.4) is 0 Å². The molecule has 2 heterocycles. The summed E-state index contributed by atoms with van der Waals surface area (Å²) in [6, 6.07) is -0.102. The lowest BCUT2D eigenvalue weighted by molar-refractivity contribution is -0.147. The number of nitrogens with zero attached hydrogens (tertiary/aromatic N) is 1. The van der Waals surface area contributed by atoms with Crippen LogP contribution in [0, 0.1) is 0 Å². The maximum atomic E-state index is 12.2. The average molecular weight is 278 g/mol. The second kappa shape index (κ2) is 6.92. The molecule has 0 aromatic heterocycles. The van der Waals surface area contributed by atoms with Crippen molar-refractivity contribution in [2.24, 2.45) is 5.73 Å². The predicted molar refractivity (Wildman–Crippen MR) is 68.4 cm³/mol. The van der Waals surface area contributed by atoms with Crippen LogP contribution in [0.2, 0.25) is 0 Å². The Morgan fingerprint density at radius 1 is 1.33 bits per heavy atom. The number of halogens is 1. The van der Waals surface area contributed by atoms with Gasteiger partial charge in [0.05, 0.1) is 19.2 Å². The van der Waals surface area contributed by atoms with Gasteiger partial charge in [-0.2, -0.15) is 0 Å². The standard InChI is InChI=1S/C11H19N3O3.ClH/c12-10(15)9-7-14(5-6-17-9)11(16)8-3-1-2-4-13-8;/h8-9,13H,1-7H2,(H2,12,15);1H. The van der Waals surface area contributed by atoms with E-state index in [9.17, 15) is 9.59 Å². The minimum absolute atomic E-state index is 0. The number of hydrogen-bond donors (Lipinski definition) is 2. The van der Waals surface area contributed by atoms with Crippen LogP contribution < -0.4 is 11.1 Å². The van der Waals surface area contributed by atoms with Gasteiger partial charge in [-0.05, 0) is 19.4 Å². The highest BCUT2D eigenvalue weighted by Crippen LogP contribution is 2.12. The summed E-state index contributed by atoms with van der Waals surface area (Å²) in [6.45, 7) is 2.10. The van der Waals surface area contributed by atoms with Crippen LogP contribution in [0.1, 0.15) is 19.3 Å². The second-order valence-electron chi connectivity index (χ2n) is 4.55. The Hall–Kier alpha value is -0.850. The van der Waals surface area contributed by atoms with Crippen molar-refractivity contribution in [3.8, 4) is 0 Å². The Labute approximate surface area is 113 Å². The number of nitrogens with one attached hydrogen (secondary N) is 1. The summed E-state index contributed by atoms with van der Waals surface area (Å²) in [5, 5.41) is 3.21. The second-order valence-corrected chi connectivity index (χ2v) is 4.55. The first-order chi connectivity index (χ1) is 8.18. The van der Waals surface area contributed by atoms with Gasteiger partial charge in [0.2, 0.25) is 11.8 Å². The summed E-state index contributed by atoms with van der Waals surface area (Å²) in [5.41, 5.74) is 5.19. The number of primary amides is 1. The molecule has 2 rings (SSSR count). The first-order valence-electron chi connectivity index (χ1n) is 6.11. The molecule has 2 aliphatic rings. The summed E-state index contributed by atoms with van der Waals surface area (Å²) >= 11 is 0. The number of piperidine rings is 1. The molecule has 0 radical (unpaired) electrons. The largest absolute Gasteiger partial charge is 0.367 e. The molecule has 2 aliphatic heterocycles. The normalized spacial score (nSPS) is 28.3. The van der Waals surface area contributed by atoms with Crippen LogP contribution in [0.15, 0.2) is 0 Å². The fourth-order valence-corrected chi connectivity index (χ4v) is 2.30. The molecule has 0 aromatic carbocycles. The van der Waals surface area contributed by atoms with Crippen molar-refractivity contribution in [1.82, 2.24) is 10.2 Å². The fraction of sp³-hybridized carbons (Fsp3) is 0.818. The molecule has 2 fully saturated rings. The number of nitrogens with two attached hydrogens (primary N) is 1. The number of ether oxygens (including phenoxy) is 1. The minimum atomic E-state index is -0.656. The third-order valence-electron chi connectivity index (χ3n) is 3.30. The molecule has 0 aromatic rings. The average Bonchev–Trinajstić information content (AvgIpc) is 2.39. The van der Waals surface area contributed by atoms with E-state index in [0.29, 0.717) is 13.2 Å². The number of morpholine rings is 1. The zero-order valence-corrected chi connectivity index (χ0v) is 11.1. The number of carbonyl (C=O) groups is 2. The lowest BCUT2D eigenvalue weighted by Crippen LogP contribution is -2.55. The Balaban J connectivity index is 0.00000162. The zero-order chi connectivity index (χ0) is 12.3. The Morgan fingerprint density at radius 3 is 2.72 bits per heavy atom. The highest BCUT2D eigenvalue weighted by molar-refractivity contribution is 5.85. The van der Waals surface area contributed by atoms with Gasteiger partial charge in [-0.15, -0.1) is 12.4 Å². The van der Waals surface area contributed by atoms with Crippen molar-refractivity contribution in [2.75, 3.05) is 26.2 Å². The van der Waals surface area contributed by atoms with E-state index in [-0.39, 0.29) is 30.9 Å². The van der Waals surface area contributed by atoms with Crippen molar-refractivity contribution < 1.29 is 14.3 Å². The first kappa shape index (κ1) is 15.2. The Bertz CT molecular complexity index is 308. The molecule has 2 unspecified atom stereocenters. The molecule has 104 valence electrons. The topological polar surface area (TPSA) is 84.7 Å². The molecule has 0 saturated carbocycles. The molecule has 2 saturated heterocycles. The molecule has 0 aliphatic carbocycles. The van der Waals surface area contributed by atoms with Gasteiger partial charge < -0.3 is 20.7 Å². The molecular formula is C11H20ClN3O3. The van der Waals surface area contributed by atoms with Crippen LogP contribution in [0.5, 0.6) is 0 Å². The minimum Gasteiger partial charge on any atom is -0.367 e. The van der Waals surface area contributed by atoms with E-state index in [1.165, 1.54) is 0 Å². The van der Waals surface area contributed by atoms with Gasteiger partial charge in [0.25, 0.3) is 0 Å². The maximum absolute atomic E-state index is 12.2. The van der Waals surface area contributed by atoms with Crippen molar-refractivity contribution in [2.45, 2.75) is 31.4 Å². The number of rotatable bonds is 2. The molecule has 0 spiro atoms. The summed E-state index contributed by atoms with van der Waals surface area (Å²) in [5.74, 6) is -0.432. The van der Waals surface area contributed by atoms with Crippen LogP contribution in [-0.4, -0.2) is 55.1 Å². The molecule has 2 amide bonds. The zero-order valence-electron chi connectivity index (χ0n) is 10.3. The van der Waals surface area contributed by atoms with Gasteiger partial charge in [0.1, 0.15) is 0 Å². The van der Waals surface area contributed by atoms with Gasteiger partial charge in [-0.3, -0.25) is 9.59 Å². The van der Waals surface area contributed by atoms with E-state index in [4.69, 9.17) is 10.5 Å². The van der Waals surface area contributed by atoms with Gasteiger partial charge in [-0.1, -0.05) is 6.42 Å². The van der Waals surface area contributed by atoms with E-state index in [1.54, 1.807) is 4.90 Å². The van der Waals surface area contributed by atoms with Gasteiger partial charge >= 0.3 is 0 Å². The third-order valence-corrected chi connectivity index (χ3v) is 3.30. The maximum Gasteiger partial charge on any atom is 0.248 e. The summed E-state index contributed by atoms with van der Waals surface area (Å²) < 4.78 is 5.22. The molecule has 3 N–H and O–H groups in total. The highest BCUT2D eigenvalue weighted by atomic mass is 35.5. The Kier molecular flexibility index (Phi) is 5.84. The lowest BCUT2D eigenvalue weighted by Gasteiger charge is -2.35. The van der Waals surface area contributed by atoms with E-state index in [2.05, 4.69) is 5.32 Å². The smallest absolute Gasteiger partial charge is 0.248 e. The predicted octanol–water partition coefficient (Wildman–Crippen LogP) is -0.737. The SMILES string of the molecule is Cl.NC(=O)C1CN(C(=O)C2CCCCN2)CCO1. The summed E-state index contributed by atoms with van der Waals surface area (Å²) in [6.07, 6.45) is 2.41. The lowest BCUT2D eigenvalue weighted by atomic mass is 10.0. The number of carbonyl (C=O) groups excluding carboxylic acids is 2. The molecule has 6 nitrogen and oxygen atoms in total. The summed E-state index contributed by atoms with van der Waals surface area (Å²) in [7, 11) is 0. The third kappa shape index (κ3) is 3.57. The molecule has 2 atom stereocenters.